The number of benzene rings is 1. The summed E-state index contributed by atoms with van der Waals surface area (Å²) in [4.78, 5) is 15.8. The van der Waals surface area contributed by atoms with Gasteiger partial charge in [-0.1, -0.05) is 30.3 Å². The van der Waals surface area contributed by atoms with E-state index in [0.29, 0.717) is 0 Å². The lowest BCUT2D eigenvalue weighted by Gasteiger charge is -2.22. The van der Waals surface area contributed by atoms with Crippen molar-refractivity contribution in [2.45, 2.75) is 26.0 Å². The summed E-state index contributed by atoms with van der Waals surface area (Å²) in [5.74, 6) is 0.475. The number of aliphatic hydroxyl groups excluding tert-OH is 1. The monoisotopic (exact) mass is 345 g/mol. The first-order valence-electron chi connectivity index (χ1n) is 7.91. The topological polar surface area (TPSA) is 136 Å². The van der Waals surface area contributed by atoms with Crippen LogP contribution in [0.2, 0.25) is 0 Å². The van der Waals surface area contributed by atoms with Crippen molar-refractivity contribution in [3.8, 4) is 0 Å². The summed E-state index contributed by atoms with van der Waals surface area (Å²) >= 11 is 0. The number of hydrogen-bond acceptors (Lipinski definition) is 7. The summed E-state index contributed by atoms with van der Waals surface area (Å²) in [5, 5.41) is 16.0. The molecule has 0 aliphatic heterocycles. The maximum atomic E-state index is 11.5. The summed E-state index contributed by atoms with van der Waals surface area (Å²) in [7, 11) is 0. The molecule has 1 aromatic heterocycles. The first kappa shape index (κ1) is 18.3. The van der Waals surface area contributed by atoms with Crippen LogP contribution in [-0.2, 0) is 4.74 Å². The summed E-state index contributed by atoms with van der Waals surface area (Å²) in [5.41, 5.74) is 13.1. The van der Waals surface area contributed by atoms with Crippen molar-refractivity contribution in [3.63, 3.8) is 0 Å². The van der Waals surface area contributed by atoms with E-state index < -0.39 is 18.2 Å². The largest absolute Gasteiger partial charge is 0.450 e. The second-order valence-corrected chi connectivity index (χ2v) is 5.49. The van der Waals surface area contributed by atoms with Gasteiger partial charge >= 0.3 is 6.09 Å². The Morgan fingerprint density at radius 3 is 2.64 bits per heavy atom. The van der Waals surface area contributed by atoms with Crippen LogP contribution in [0.3, 0.4) is 0 Å². The van der Waals surface area contributed by atoms with Gasteiger partial charge in [0.25, 0.3) is 0 Å². The molecule has 25 heavy (non-hydrogen) atoms. The number of rotatable bonds is 6. The minimum Gasteiger partial charge on any atom is -0.450 e. The third kappa shape index (κ3) is 4.74. The van der Waals surface area contributed by atoms with E-state index in [1.807, 2.05) is 30.3 Å². The van der Waals surface area contributed by atoms with Crippen molar-refractivity contribution in [2.75, 3.05) is 28.7 Å². The van der Waals surface area contributed by atoms with Gasteiger partial charge in [0.1, 0.15) is 5.82 Å². The number of nitrogens with zero attached hydrogens (tertiary/aromatic N) is 1. The third-order valence-corrected chi connectivity index (χ3v) is 3.58. The molecule has 1 amide bonds. The highest BCUT2D eigenvalue weighted by Crippen LogP contribution is 2.28. The maximum absolute atomic E-state index is 11.5. The molecule has 0 saturated heterocycles. The number of ether oxygens (including phenoxy) is 1. The van der Waals surface area contributed by atoms with E-state index in [-0.39, 0.29) is 29.6 Å². The van der Waals surface area contributed by atoms with Gasteiger partial charge in [-0.05, 0) is 19.4 Å². The Bertz CT molecular complexity index is 724. The van der Waals surface area contributed by atoms with E-state index in [9.17, 15) is 9.90 Å². The smallest absolute Gasteiger partial charge is 0.412 e. The van der Waals surface area contributed by atoms with Crippen LogP contribution in [0.15, 0.2) is 36.4 Å². The fourth-order valence-electron chi connectivity index (χ4n) is 2.25. The Hall–Kier alpha value is -3.00. The molecule has 1 heterocycles. The SMILES string of the molecule is CCOC(=O)Nc1cc(N)c(N)c(NC(C)[C@@H](O)c2ccccc2)n1. The van der Waals surface area contributed by atoms with Crippen molar-refractivity contribution < 1.29 is 14.6 Å². The lowest BCUT2D eigenvalue weighted by Crippen LogP contribution is -2.26. The zero-order chi connectivity index (χ0) is 18.4. The molecule has 2 aromatic rings. The minimum atomic E-state index is -0.773. The van der Waals surface area contributed by atoms with Crippen molar-refractivity contribution in [1.29, 1.82) is 0 Å². The van der Waals surface area contributed by atoms with Crippen molar-refractivity contribution in [1.82, 2.24) is 4.98 Å². The van der Waals surface area contributed by atoms with E-state index in [1.54, 1.807) is 13.8 Å². The van der Waals surface area contributed by atoms with Gasteiger partial charge in [-0.15, -0.1) is 0 Å². The van der Waals surface area contributed by atoms with Gasteiger partial charge < -0.3 is 26.6 Å². The van der Waals surface area contributed by atoms with Gasteiger partial charge in [-0.3, -0.25) is 5.32 Å². The Labute approximate surface area is 146 Å². The summed E-state index contributed by atoms with van der Waals surface area (Å²) in [6.45, 7) is 3.73. The molecule has 0 saturated carbocycles. The molecular weight excluding hydrogens is 322 g/mol. The number of aliphatic hydroxyl groups is 1. The number of amides is 1. The number of aromatic nitrogens is 1. The number of carbonyl (C=O) groups excluding carboxylic acids is 1. The molecule has 0 radical (unpaired) electrons. The van der Waals surface area contributed by atoms with Crippen LogP contribution >= 0.6 is 0 Å². The van der Waals surface area contributed by atoms with Gasteiger partial charge in [0.15, 0.2) is 5.82 Å². The number of nitrogens with one attached hydrogen (secondary N) is 2. The second kappa shape index (κ2) is 8.20. The Morgan fingerprint density at radius 2 is 2.00 bits per heavy atom. The van der Waals surface area contributed by atoms with Gasteiger partial charge in [0.2, 0.25) is 0 Å². The van der Waals surface area contributed by atoms with Crippen LogP contribution in [0, 0.1) is 0 Å². The molecule has 134 valence electrons. The van der Waals surface area contributed by atoms with E-state index in [2.05, 4.69) is 15.6 Å². The summed E-state index contributed by atoms with van der Waals surface area (Å²) in [6.07, 6.45) is -1.41. The molecule has 2 rings (SSSR count). The van der Waals surface area contributed by atoms with Crippen LogP contribution in [0.4, 0.5) is 27.8 Å². The molecule has 0 bridgehead atoms. The van der Waals surface area contributed by atoms with Crippen LogP contribution in [-0.4, -0.2) is 28.8 Å². The molecule has 0 aliphatic carbocycles. The van der Waals surface area contributed by atoms with E-state index in [1.165, 1.54) is 6.07 Å². The zero-order valence-corrected chi connectivity index (χ0v) is 14.2. The first-order chi connectivity index (χ1) is 11.9. The highest BCUT2D eigenvalue weighted by Gasteiger charge is 2.19. The highest BCUT2D eigenvalue weighted by molar-refractivity contribution is 5.87. The number of nitrogen functional groups attached to an aromatic ring is 2. The fourth-order valence-corrected chi connectivity index (χ4v) is 2.25. The molecular formula is C17H23N5O3. The van der Waals surface area contributed by atoms with Crippen LogP contribution in [0.25, 0.3) is 0 Å². The maximum Gasteiger partial charge on any atom is 0.412 e. The number of pyridine rings is 1. The van der Waals surface area contributed by atoms with E-state index >= 15 is 0 Å². The summed E-state index contributed by atoms with van der Waals surface area (Å²) in [6, 6.07) is 10.3. The number of nitrogens with two attached hydrogens (primary N) is 2. The molecule has 8 nitrogen and oxygen atoms in total. The van der Waals surface area contributed by atoms with Crippen molar-refractivity contribution in [3.05, 3.63) is 42.0 Å². The lowest BCUT2D eigenvalue weighted by atomic mass is 10.0. The summed E-state index contributed by atoms with van der Waals surface area (Å²) < 4.78 is 4.81. The van der Waals surface area contributed by atoms with Crippen molar-refractivity contribution in [2.24, 2.45) is 0 Å². The fraction of sp³-hybridized carbons (Fsp3) is 0.294. The van der Waals surface area contributed by atoms with Gasteiger partial charge in [-0.25, -0.2) is 9.78 Å². The molecule has 1 unspecified atom stereocenters. The predicted octanol–water partition coefficient (Wildman–Crippen LogP) is 2.35. The Kier molecular flexibility index (Phi) is 6.02. The van der Waals surface area contributed by atoms with Gasteiger partial charge in [-0.2, -0.15) is 0 Å². The third-order valence-electron chi connectivity index (χ3n) is 3.58. The molecule has 0 fully saturated rings. The van der Waals surface area contributed by atoms with Crippen LogP contribution < -0.4 is 22.1 Å². The lowest BCUT2D eigenvalue weighted by molar-refractivity contribution is 0.160. The van der Waals surface area contributed by atoms with E-state index in [4.69, 9.17) is 16.2 Å². The quantitative estimate of drug-likeness (QED) is 0.542. The van der Waals surface area contributed by atoms with Gasteiger partial charge in [0, 0.05) is 6.07 Å². The minimum absolute atomic E-state index is 0.203. The Balaban J connectivity index is 2.17. The van der Waals surface area contributed by atoms with E-state index in [0.717, 1.165) is 5.56 Å². The average Bonchev–Trinajstić information content (AvgIpc) is 2.59. The number of carbonyl (C=O) groups is 1. The standard InChI is InChI=1S/C17H23N5O3/c1-3-25-17(24)22-13-9-12(18)14(19)16(21-13)20-10(2)15(23)11-7-5-4-6-8-11/h4-10,15,23H,3,19H2,1-2H3,(H4,18,20,21,22,24)/t10?,15-/m1/s1. The molecule has 0 aliphatic rings. The Morgan fingerprint density at radius 1 is 1.32 bits per heavy atom. The normalized spacial score (nSPS) is 12.9. The number of hydrogen-bond donors (Lipinski definition) is 5. The zero-order valence-electron chi connectivity index (χ0n) is 14.2. The van der Waals surface area contributed by atoms with Crippen LogP contribution in [0.1, 0.15) is 25.5 Å². The molecule has 1 aromatic carbocycles. The predicted molar refractivity (Wildman–Crippen MR) is 98.2 cm³/mol. The molecule has 2 atom stereocenters. The molecule has 7 N–H and O–H groups in total. The second-order valence-electron chi connectivity index (χ2n) is 5.49. The average molecular weight is 345 g/mol. The van der Waals surface area contributed by atoms with Crippen LogP contribution in [0.5, 0.6) is 0 Å². The number of anilines is 4. The van der Waals surface area contributed by atoms with Crippen molar-refractivity contribution >= 4 is 29.1 Å². The first-order valence-corrected chi connectivity index (χ1v) is 7.91. The molecule has 0 spiro atoms. The highest BCUT2D eigenvalue weighted by atomic mass is 16.5. The van der Waals surface area contributed by atoms with Gasteiger partial charge in [0.05, 0.1) is 30.1 Å². The molecule has 8 heteroatoms.